The van der Waals surface area contributed by atoms with Crippen molar-refractivity contribution >= 4 is 11.7 Å². The lowest BCUT2D eigenvalue weighted by Gasteiger charge is -2.11. The summed E-state index contributed by atoms with van der Waals surface area (Å²) in [7, 11) is 0. The van der Waals surface area contributed by atoms with E-state index in [2.05, 4.69) is 5.32 Å². The van der Waals surface area contributed by atoms with Crippen molar-refractivity contribution in [1.82, 2.24) is 0 Å². The number of aryl methyl sites for hydroxylation is 1. The summed E-state index contributed by atoms with van der Waals surface area (Å²) in [6.45, 7) is 4.65. The molecule has 3 heteroatoms. The summed E-state index contributed by atoms with van der Waals surface area (Å²) in [4.78, 5) is 10.4. The van der Waals surface area contributed by atoms with Crippen LogP contribution in [0.4, 0.5) is 5.69 Å². The summed E-state index contributed by atoms with van der Waals surface area (Å²) in [5.41, 5.74) is 2.26. The normalized spacial score (nSPS) is 12.1. The molecule has 1 aromatic carbocycles. The molecule has 1 unspecified atom stereocenters. The van der Waals surface area contributed by atoms with E-state index in [-0.39, 0.29) is 12.3 Å². The Kier molecular flexibility index (Phi) is 4.16. The zero-order valence-electron chi connectivity index (χ0n) is 9.16. The minimum absolute atomic E-state index is 0.142. The van der Waals surface area contributed by atoms with E-state index in [0.717, 1.165) is 5.69 Å². The lowest BCUT2D eigenvalue weighted by atomic mass is 10.1. The number of carboxylic acids is 1. The van der Waals surface area contributed by atoms with Gasteiger partial charge in [0.2, 0.25) is 0 Å². The maximum atomic E-state index is 10.4. The highest BCUT2D eigenvalue weighted by Gasteiger charge is 2.06. The van der Waals surface area contributed by atoms with Gasteiger partial charge < -0.3 is 10.4 Å². The second kappa shape index (κ2) is 5.39. The Hall–Kier alpha value is -1.51. The van der Waals surface area contributed by atoms with Gasteiger partial charge in [-0.2, -0.15) is 0 Å². The summed E-state index contributed by atoms with van der Waals surface area (Å²) in [6, 6.07) is 8.07. The lowest BCUT2D eigenvalue weighted by Crippen LogP contribution is -2.14. The molecule has 0 amide bonds. The minimum Gasteiger partial charge on any atom is -0.481 e. The molecule has 0 fully saturated rings. The average molecular weight is 207 g/mol. The van der Waals surface area contributed by atoms with Gasteiger partial charge in [0, 0.05) is 18.7 Å². The van der Waals surface area contributed by atoms with Crippen LogP contribution in [0.15, 0.2) is 24.3 Å². The molecule has 15 heavy (non-hydrogen) atoms. The molecule has 3 nitrogen and oxygen atoms in total. The Morgan fingerprint density at radius 1 is 1.40 bits per heavy atom. The minimum atomic E-state index is -0.742. The number of carbonyl (C=O) groups is 1. The molecule has 0 aliphatic carbocycles. The molecule has 0 radical (unpaired) electrons. The number of nitrogens with one attached hydrogen (secondary N) is 1. The fourth-order valence-corrected chi connectivity index (χ4v) is 1.33. The van der Waals surface area contributed by atoms with Gasteiger partial charge in [0.05, 0.1) is 0 Å². The van der Waals surface area contributed by atoms with Gasteiger partial charge in [-0.05, 0) is 25.0 Å². The summed E-state index contributed by atoms with van der Waals surface area (Å²) < 4.78 is 0. The first-order valence-electron chi connectivity index (χ1n) is 5.10. The molecule has 0 bridgehead atoms. The number of benzene rings is 1. The number of hydrogen-bond acceptors (Lipinski definition) is 2. The number of rotatable bonds is 5. The maximum absolute atomic E-state index is 10.4. The van der Waals surface area contributed by atoms with Gasteiger partial charge in [0.1, 0.15) is 0 Å². The molecule has 0 aliphatic rings. The number of aliphatic carboxylic acids is 1. The van der Waals surface area contributed by atoms with Crippen LogP contribution < -0.4 is 5.32 Å². The molecular weight excluding hydrogens is 190 g/mol. The van der Waals surface area contributed by atoms with Crippen molar-refractivity contribution in [2.75, 3.05) is 11.9 Å². The first kappa shape index (κ1) is 11.6. The van der Waals surface area contributed by atoms with Crippen LogP contribution in [0.5, 0.6) is 0 Å². The quantitative estimate of drug-likeness (QED) is 0.780. The van der Waals surface area contributed by atoms with Crippen LogP contribution in [-0.2, 0) is 4.79 Å². The van der Waals surface area contributed by atoms with Crippen LogP contribution >= 0.6 is 0 Å². The zero-order chi connectivity index (χ0) is 11.3. The van der Waals surface area contributed by atoms with E-state index in [4.69, 9.17) is 5.11 Å². The predicted octanol–water partition coefficient (Wildman–Crippen LogP) is 2.52. The van der Waals surface area contributed by atoms with E-state index in [1.807, 2.05) is 38.1 Å². The van der Waals surface area contributed by atoms with E-state index >= 15 is 0 Å². The Morgan fingerprint density at radius 2 is 2.00 bits per heavy atom. The topological polar surface area (TPSA) is 49.3 Å². The van der Waals surface area contributed by atoms with Crippen molar-refractivity contribution in [2.24, 2.45) is 5.92 Å². The fourth-order valence-electron chi connectivity index (χ4n) is 1.33. The van der Waals surface area contributed by atoms with E-state index in [1.54, 1.807) is 0 Å². The molecule has 0 aromatic heterocycles. The van der Waals surface area contributed by atoms with Crippen molar-refractivity contribution < 1.29 is 9.90 Å². The van der Waals surface area contributed by atoms with Gasteiger partial charge in [0.15, 0.2) is 0 Å². The van der Waals surface area contributed by atoms with E-state index < -0.39 is 5.97 Å². The highest BCUT2D eigenvalue weighted by molar-refractivity contribution is 5.67. The highest BCUT2D eigenvalue weighted by Crippen LogP contribution is 2.10. The molecule has 0 aliphatic heterocycles. The van der Waals surface area contributed by atoms with Crippen molar-refractivity contribution in [3.8, 4) is 0 Å². The van der Waals surface area contributed by atoms with Crippen LogP contribution in [0, 0.1) is 12.8 Å². The number of anilines is 1. The van der Waals surface area contributed by atoms with Gasteiger partial charge in [-0.3, -0.25) is 4.79 Å². The van der Waals surface area contributed by atoms with Crippen molar-refractivity contribution in [2.45, 2.75) is 20.3 Å². The van der Waals surface area contributed by atoms with Crippen LogP contribution in [0.3, 0.4) is 0 Å². The second-order valence-electron chi connectivity index (χ2n) is 3.95. The third-order valence-electron chi connectivity index (χ3n) is 2.23. The highest BCUT2D eigenvalue weighted by atomic mass is 16.4. The average Bonchev–Trinajstić information content (AvgIpc) is 2.16. The van der Waals surface area contributed by atoms with Crippen LogP contribution in [0.2, 0.25) is 0 Å². The Bertz CT molecular complexity index is 319. The van der Waals surface area contributed by atoms with Gasteiger partial charge in [-0.15, -0.1) is 0 Å². The molecule has 1 aromatic rings. The standard InChI is InChI=1S/C12H17NO2/c1-9-3-5-11(6-4-9)13-8-10(2)7-12(14)15/h3-6,10,13H,7-8H2,1-2H3,(H,14,15). The predicted molar refractivity (Wildman–Crippen MR) is 61.1 cm³/mol. The Balaban J connectivity index is 2.36. The number of carboxylic acid groups (broad SMARTS) is 1. The molecule has 1 atom stereocenters. The summed E-state index contributed by atoms with van der Waals surface area (Å²) in [5, 5.41) is 11.8. The molecule has 0 saturated heterocycles. The van der Waals surface area contributed by atoms with Crippen LogP contribution in [-0.4, -0.2) is 17.6 Å². The van der Waals surface area contributed by atoms with Crippen LogP contribution in [0.1, 0.15) is 18.9 Å². The molecule has 82 valence electrons. The van der Waals surface area contributed by atoms with Crippen molar-refractivity contribution in [3.63, 3.8) is 0 Å². The van der Waals surface area contributed by atoms with Crippen molar-refractivity contribution in [1.29, 1.82) is 0 Å². The molecule has 2 N–H and O–H groups in total. The fraction of sp³-hybridized carbons (Fsp3) is 0.417. The molecular formula is C12H17NO2. The maximum Gasteiger partial charge on any atom is 0.303 e. The first-order chi connectivity index (χ1) is 7.08. The van der Waals surface area contributed by atoms with Gasteiger partial charge >= 0.3 is 5.97 Å². The third kappa shape index (κ3) is 4.49. The smallest absolute Gasteiger partial charge is 0.303 e. The summed E-state index contributed by atoms with van der Waals surface area (Å²) in [5.74, 6) is -0.600. The molecule has 0 spiro atoms. The Labute approximate surface area is 90.1 Å². The van der Waals surface area contributed by atoms with Crippen molar-refractivity contribution in [3.05, 3.63) is 29.8 Å². The van der Waals surface area contributed by atoms with Gasteiger partial charge in [0.25, 0.3) is 0 Å². The summed E-state index contributed by atoms with van der Waals surface area (Å²) >= 11 is 0. The van der Waals surface area contributed by atoms with Crippen LogP contribution in [0.25, 0.3) is 0 Å². The monoisotopic (exact) mass is 207 g/mol. The second-order valence-corrected chi connectivity index (χ2v) is 3.95. The van der Waals surface area contributed by atoms with E-state index in [1.165, 1.54) is 5.56 Å². The van der Waals surface area contributed by atoms with Gasteiger partial charge in [-0.1, -0.05) is 24.6 Å². The van der Waals surface area contributed by atoms with E-state index in [0.29, 0.717) is 6.54 Å². The largest absolute Gasteiger partial charge is 0.481 e. The first-order valence-corrected chi connectivity index (χ1v) is 5.10. The molecule has 0 saturated carbocycles. The lowest BCUT2D eigenvalue weighted by molar-refractivity contribution is -0.137. The summed E-state index contributed by atoms with van der Waals surface area (Å²) in [6.07, 6.45) is 0.207. The SMILES string of the molecule is Cc1ccc(NCC(C)CC(=O)O)cc1. The zero-order valence-corrected chi connectivity index (χ0v) is 9.16. The van der Waals surface area contributed by atoms with Gasteiger partial charge in [-0.25, -0.2) is 0 Å². The third-order valence-corrected chi connectivity index (χ3v) is 2.23. The number of hydrogen-bond donors (Lipinski definition) is 2. The Morgan fingerprint density at radius 3 is 2.53 bits per heavy atom. The molecule has 1 rings (SSSR count). The van der Waals surface area contributed by atoms with E-state index in [9.17, 15) is 4.79 Å². The molecule has 0 heterocycles.